The number of likely N-dealkylation sites (tertiary alicyclic amines) is 2. The molecular formula is C18H28N4O3. The molecule has 0 aliphatic carbocycles. The number of carbonyl (C=O) groups is 2. The SMILES string of the molecule is Cc1noc(C)c1C(=O)N1CC[C@@H](C(=O)NCCN2CCCCC2)C1. The van der Waals surface area contributed by atoms with Crippen molar-refractivity contribution in [1.82, 2.24) is 20.3 Å². The summed E-state index contributed by atoms with van der Waals surface area (Å²) in [5, 5.41) is 6.88. The molecule has 7 heteroatoms. The van der Waals surface area contributed by atoms with Gasteiger partial charge in [0.25, 0.3) is 5.91 Å². The second kappa shape index (κ2) is 7.99. The van der Waals surface area contributed by atoms with Crippen LogP contribution in [0.5, 0.6) is 0 Å². The molecule has 3 heterocycles. The van der Waals surface area contributed by atoms with E-state index in [1.54, 1.807) is 18.7 Å². The summed E-state index contributed by atoms with van der Waals surface area (Å²) in [5.41, 5.74) is 1.14. The Balaban J connectivity index is 1.45. The average molecular weight is 348 g/mol. The molecular weight excluding hydrogens is 320 g/mol. The third kappa shape index (κ3) is 4.21. The maximum absolute atomic E-state index is 12.6. The average Bonchev–Trinajstić information content (AvgIpc) is 3.23. The van der Waals surface area contributed by atoms with Gasteiger partial charge in [0.1, 0.15) is 11.3 Å². The first-order chi connectivity index (χ1) is 12.1. The molecule has 2 aliphatic heterocycles. The van der Waals surface area contributed by atoms with E-state index >= 15 is 0 Å². The second-order valence-electron chi connectivity index (χ2n) is 7.13. The number of rotatable bonds is 5. The predicted molar refractivity (Wildman–Crippen MR) is 93.3 cm³/mol. The Kier molecular flexibility index (Phi) is 5.73. The Morgan fingerprint density at radius 3 is 2.64 bits per heavy atom. The van der Waals surface area contributed by atoms with Crippen LogP contribution in [-0.4, -0.2) is 66.0 Å². The van der Waals surface area contributed by atoms with Crippen molar-refractivity contribution in [1.29, 1.82) is 0 Å². The van der Waals surface area contributed by atoms with Crippen LogP contribution in [0.1, 0.15) is 47.5 Å². The highest BCUT2D eigenvalue weighted by atomic mass is 16.5. The minimum atomic E-state index is -0.120. The monoisotopic (exact) mass is 348 g/mol. The fourth-order valence-corrected chi connectivity index (χ4v) is 3.77. The van der Waals surface area contributed by atoms with Gasteiger partial charge in [-0.1, -0.05) is 11.6 Å². The number of hydrogen-bond donors (Lipinski definition) is 1. The molecule has 1 aromatic heterocycles. The van der Waals surface area contributed by atoms with Gasteiger partial charge in [-0.25, -0.2) is 0 Å². The van der Waals surface area contributed by atoms with E-state index in [0.717, 1.165) is 19.6 Å². The van der Waals surface area contributed by atoms with Crippen LogP contribution < -0.4 is 5.32 Å². The highest BCUT2D eigenvalue weighted by molar-refractivity contribution is 5.96. The van der Waals surface area contributed by atoms with Crippen LogP contribution in [0.25, 0.3) is 0 Å². The predicted octanol–water partition coefficient (Wildman–Crippen LogP) is 1.36. The zero-order valence-electron chi connectivity index (χ0n) is 15.2. The molecule has 1 aromatic rings. The standard InChI is InChI=1S/C18H28N4O3/c1-13-16(14(2)25-20-13)18(24)22-10-6-15(12-22)17(23)19-7-11-21-8-4-3-5-9-21/h15H,3-12H2,1-2H3,(H,19,23)/t15-/m1/s1. The lowest BCUT2D eigenvalue weighted by Gasteiger charge is -2.26. The van der Waals surface area contributed by atoms with E-state index in [1.807, 2.05) is 0 Å². The highest BCUT2D eigenvalue weighted by Crippen LogP contribution is 2.22. The van der Waals surface area contributed by atoms with Crippen molar-refractivity contribution in [2.75, 3.05) is 39.3 Å². The Morgan fingerprint density at radius 2 is 1.96 bits per heavy atom. The number of hydrogen-bond acceptors (Lipinski definition) is 5. The van der Waals surface area contributed by atoms with Gasteiger partial charge in [-0.3, -0.25) is 9.59 Å². The lowest BCUT2D eigenvalue weighted by molar-refractivity contribution is -0.124. The molecule has 0 spiro atoms. The van der Waals surface area contributed by atoms with Gasteiger partial charge in [-0.2, -0.15) is 0 Å². The summed E-state index contributed by atoms with van der Waals surface area (Å²) in [5.74, 6) is 0.397. The molecule has 0 unspecified atom stereocenters. The van der Waals surface area contributed by atoms with E-state index in [0.29, 0.717) is 43.1 Å². The summed E-state index contributed by atoms with van der Waals surface area (Å²) in [6, 6.07) is 0. The van der Waals surface area contributed by atoms with E-state index in [4.69, 9.17) is 4.52 Å². The van der Waals surface area contributed by atoms with Gasteiger partial charge < -0.3 is 19.6 Å². The molecule has 7 nitrogen and oxygen atoms in total. The lowest BCUT2D eigenvalue weighted by Crippen LogP contribution is -2.40. The third-order valence-electron chi connectivity index (χ3n) is 5.27. The van der Waals surface area contributed by atoms with Gasteiger partial charge in [-0.05, 0) is 46.2 Å². The van der Waals surface area contributed by atoms with Crippen LogP contribution in [0, 0.1) is 19.8 Å². The summed E-state index contributed by atoms with van der Waals surface area (Å²) in [6.45, 7) is 8.47. The molecule has 0 saturated carbocycles. The molecule has 0 bridgehead atoms. The molecule has 0 aromatic carbocycles. The van der Waals surface area contributed by atoms with Crippen molar-refractivity contribution < 1.29 is 14.1 Å². The van der Waals surface area contributed by atoms with Crippen LogP contribution >= 0.6 is 0 Å². The molecule has 138 valence electrons. The molecule has 2 amide bonds. The summed E-state index contributed by atoms with van der Waals surface area (Å²) in [4.78, 5) is 29.1. The zero-order chi connectivity index (χ0) is 17.8. The summed E-state index contributed by atoms with van der Waals surface area (Å²) < 4.78 is 5.08. The summed E-state index contributed by atoms with van der Waals surface area (Å²) in [7, 11) is 0. The summed E-state index contributed by atoms with van der Waals surface area (Å²) >= 11 is 0. The van der Waals surface area contributed by atoms with Crippen LogP contribution in [0.3, 0.4) is 0 Å². The van der Waals surface area contributed by atoms with Crippen LogP contribution in [0.2, 0.25) is 0 Å². The number of amides is 2. The highest BCUT2D eigenvalue weighted by Gasteiger charge is 2.33. The van der Waals surface area contributed by atoms with Gasteiger partial charge in [0.05, 0.1) is 11.6 Å². The van der Waals surface area contributed by atoms with E-state index in [9.17, 15) is 9.59 Å². The zero-order valence-corrected chi connectivity index (χ0v) is 15.2. The van der Waals surface area contributed by atoms with Crippen LogP contribution in [0.4, 0.5) is 0 Å². The minimum Gasteiger partial charge on any atom is -0.361 e. The largest absolute Gasteiger partial charge is 0.361 e. The molecule has 3 rings (SSSR count). The van der Waals surface area contributed by atoms with Crippen LogP contribution in [0.15, 0.2) is 4.52 Å². The summed E-state index contributed by atoms with van der Waals surface area (Å²) in [6.07, 6.45) is 4.55. The number of nitrogens with zero attached hydrogens (tertiary/aromatic N) is 3. The number of aromatic nitrogens is 1. The maximum atomic E-state index is 12.6. The van der Waals surface area contributed by atoms with Crippen molar-refractivity contribution in [2.24, 2.45) is 5.92 Å². The van der Waals surface area contributed by atoms with E-state index in [1.165, 1.54) is 19.3 Å². The molecule has 25 heavy (non-hydrogen) atoms. The Hall–Kier alpha value is -1.89. The molecule has 1 atom stereocenters. The minimum absolute atomic E-state index is 0.0612. The first kappa shape index (κ1) is 17.9. The van der Waals surface area contributed by atoms with Crippen molar-refractivity contribution in [3.8, 4) is 0 Å². The van der Waals surface area contributed by atoms with Crippen molar-refractivity contribution in [2.45, 2.75) is 39.5 Å². The van der Waals surface area contributed by atoms with E-state index in [-0.39, 0.29) is 17.7 Å². The van der Waals surface area contributed by atoms with E-state index < -0.39 is 0 Å². The normalized spacial score (nSPS) is 21.5. The van der Waals surface area contributed by atoms with Gasteiger partial charge in [-0.15, -0.1) is 0 Å². The first-order valence-electron chi connectivity index (χ1n) is 9.28. The molecule has 2 fully saturated rings. The first-order valence-corrected chi connectivity index (χ1v) is 9.28. The molecule has 2 saturated heterocycles. The molecule has 2 aliphatic rings. The number of piperidine rings is 1. The fraction of sp³-hybridized carbons (Fsp3) is 0.722. The Morgan fingerprint density at radius 1 is 1.20 bits per heavy atom. The maximum Gasteiger partial charge on any atom is 0.259 e. The lowest BCUT2D eigenvalue weighted by atomic mass is 10.1. The van der Waals surface area contributed by atoms with Gasteiger partial charge in [0.2, 0.25) is 5.91 Å². The van der Waals surface area contributed by atoms with Gasteiger partial charge >= 0.3 is 0 Å². The number of aryl methyl sites for hydroxylation is 2. The van der Waals surface area contributed by atoms with Crippen molar-refractivity contribution in [3.63, 3.8) is 0 Å². The van der Waals surface area contributed by atoms with Crippen molar-refractivity contribution in [3.05, 3.63) is 17.0 Å². The van der Waals surface area contributed by atoms with Gasteiger partial charge in [0.15, 0.2) is 0 Å². The number of nitrogens with one attached hydrogen (secondary N) is 1. The topological polar surface area (TPSA) is 78.7 Å². The molecule has 1 N–H and O–H groups in total. The number of carbonyl (C=O) groups excluding carboxylic acids is 2. The Labute approximate surface area is 148 Å². The smallest absolute Gasteiger partial charge is 0.259 e. The van der Waals surface area contributed by atoms with Crippen LogP contribution in [-0.2, 0) is 4.79 Å². The fourth-order valence-electron chi connectivity index (χ4n) is 3.77. The Bertz CT molecular complexity index is 602. The van der Waals surface area contributed by atoms with E-state index in [2.05, 4.69) is 15.4 Å². The second-order valence-corrected chi connectivity index (χ2v) is 7.13. The molecule has 0 radical (unpaired) electrons. The van der Waals surface area contributed by atoms with Gasteiger partial charge in [0, 0.05) is 26.2 Å². The quantitative estimate of drug-likeness (QED) is 0.869. The third-order valence-corrected chi connectivity index (χ3v) is 5.27. The van der Waals surface area contributed by atoms with Crippen molar-refractivity contribution >= 4 is 11.8 Å².